The summed E-state index contributed by atoms with van der Waals surface area (Å²) in [7, 11) is 1.56. The molecule has 4 aromatic heterocycles. The fourth-order valence-electron chi connectivity index (χ4n) is 3.77. The monoisotopic (exact) mass is 454 g/mol. The van der Waals surface area contributed by atoms with Crippen LogP contribution in [0.3, 0.4) is 0 Å². The third-order valence-corrected chi connectivity index (χ3v) is 5.40. The summed E-state index contributed by atoms with van der Waals surface area (Å²) in [6.07, 6.45) is 4.83. The number of ether oxygens (including phenoxy) is 1. The lowest BCUT2D eigenvalue weighted by atomic mass is 10.0. The van der Waals surface area contributed by atoms with Crippen LogP contribution in [0.5, 0.6) is 11.5 Å². The number of H-pyrrole nitrogens is 1. The van der Waals surface area contributed by atoms with Crippen LogP contribution < -0.4 is 10.5 Å². The number of fused-ring (bicyclic) bond motifs is 1. The maximum atomic E-state index is 13.9. The third-order valence-electron chi connectivity index (χ3n) is 5.40. The van der Waals surface area contributed by atoms with Crippen LogP contribution >= 0.6 is 0 Å². The quantitative estimate of drug-likeness (QED) is 0.288. The van der Waals surface area contributed by atoms with Crippen LogP contribution in [0, 0.1) is 11.2 Å². The smallest absolute Gasteiger partial charge is 0.138 e. The number of anilines is 1. The highest BCUT2D eigenvalue weighted by atomic mass is 19.1. The first-order valence-electron chi connectivity index (χ1n) is 10.3. The number of nitrogens with two attached hydrogens (primary N) is 1. The van der Waals surface area contributed by atoms with Gasteiger partial charge in [-0.1, -0.05) is 0 Å². The Morgan fingerprint density at radius 3 is 2.74 bits per heavy atom. The number of nitrogen functional groups attached to an aromatic ring is 1. The molecule has 0 aliphatic carbocycles. The SMILES string of the molecule is COc1cncc(-c2ccc(N)c(C(=N)c3cc4c(-c5cc(O)cc(F)c5)ccnc4[nH]3)n2)c1. The summed E-state index contributed by atoms with van der Waals surface area (Å²) < 4.78 is 19.1. The number of pyridine rings is 3. The fraction of sp³-hybridized carbons (Fsp3) is 0.0400. The van der Waals surface area contributed by atoms with Crippen LogP contribution in [-0.2, 0) is 0 Å². The van der Waals surface area contributed by atoms with Crippen molar-refractivity contribution in [1.29, 1.82) is 5.41 Å². The number of methoxy groups -OCH3 is 1. The summed E-state index contributed by atoms with van der Waals surface area (Å²) in [5.74, 6) is -0.140. The van der Waals surface area contributed by atoms with Gasteiger partial charge in [-0.3, -0.25) is 10.4 Å². The summed E-state index contributed by atoms with van der Waals surface area (Å²) in [5.41, 5.74) is 10.3. The summed E-state index contributed by atoms with van der Waals surface area (Å²) >= 11 is 0. The van der Waals surface area contributed by atoms with Crippen molar-refractivity contribution >= 4 is 22.4 Å². The molecule has 5 N–H and O–H groups in total. The van der Waals surface area contributed by atoms with E-state index in [1.54, 1.807) is 56.0 Å². The van der Waals surface area contributed by atoms with E-state index in [1.807, 2.05) is 0 Å². The zero-order valence-electron chi connectivity index (χ0n) is 18.0. The molecule has 0 atom stereocenters. The van der Waals surface area contributed by atoms with Gasteiger partial charge in [0.1, 0.15) is 34.4 Å². The van der Waals surface area contributed by atoms with Crippen LogP contribution in [0.25, 0.3) is 33.4 Å². The van der Waals surface area contributed by atoms with Crippen molar-refractivity contribution in [3.8, 4) is 33.9 Å². The normalized spacial score (nSPS) is 11.0. The molecule has 0 aliphatic rings. The van der Waals surface area contributed by atoms with Gasteiger partial charge in [-0.05, 0) is 53.6 Å². The van der Waals surface area contributed by atoms with E-state index in [0.717, 1.165) is 11.6 Å². The zero-order chi connectivity index (χ0) is 23.8. The van der Waals surface area contributed by atoms with Crippen LogP contribution in [-0.4, -0.2) is 37.9 Å². The molecule has 0 fully saturated rings. The standard InChI is InChI=1S/C25H19FN6O2/c1-34-17-8-14(11-29-12-17)21-3-2-20(27)24(31-21)23(28)22-10-19-18(4-5-30-25(19)32-22)13-6-15(26)9-16(33)7-13/h2-12,28,33H,27H2,1H3,(H,30,32). The number of halogens is 1. The molecule has 0 amide bonds. The molecule has 1 aromatic carbocycles. The number of phenolic OH excluding ortho intramolecular Hbond substituents is 1. The molecular formula is C25H19FN6O2. The fourth-order valence-corrected chi connectivity index (χ4v) is 3.77. The molecule has 0 bridgehead atoms. The van der Waals surface area contributed by atoms with Crippen LogP contribution in [0.2, 0.25) is 0 Å². The number of rotatable bonds is 5. The van der Waals surface area contributed by atoms with Crippen LogP contribution in [0.4, 0.5) is 10.1 Å². The first kappa shape index (κ1) is 21.1. The first-order chi connectivity index (χ1) is 16.4. The predicted molar refractivity (Wildman–Crippen MR) is 128 cm³/mol. The van der Waals surface area contributed by atoms with E-state index in [9.17, 15) is 9.50 Å². The van der Waals surface area contributed by atoms with Crippen molar-refractivity contribution in [2.45, 2.75) is 0 Å². The van der Waals surface area contributed by atoms with Gasteiger partial charge in [-0.15, -0.1) is 0 Å². The number of phenols is 1. The van der Waals surface area contributed by atoms with Gasteiger partial charge in [0.05, 0.1) is 30.4 Å². The van der Waals surface area contributed by atoms with Gasteiger partial charge in [-0.25, -0.2) is 14.4 Å². The Hall–Kier alpha value is -4.79. The number of hydrogen-bond acceptors (Lipinski definition) is 7. The maximum Gasteiger partial charge on any atom is 0.138 e. The molecule has 0 spiro atoms. The number of nitrogens with one attached hydrogen (secondary N) is 2. The molecule has 0 saturated carbocycles. The van der Waals surface area contributed by atoms with Crippen LogP contribution in [0.15, 0.2) is 67.1 Å². The number of hydrogen-bond donors (Lipinski definition) is 4. The van der Waals surface area contributed by atoms with Crippen LogP contribution in [0.1, 0.15) is 11.4 Å². The van der Waals surface area contributed by atoms with E-state index in [2.05, 4.69) is 19.9 Å². The number of aromatic hydroxyl groups is 1. The van der Waals surface area contributed by atoms with Gasteiger partial charge in [0.2, 0.25) is 0 Å². The van der Waals surface area contributed by atoms with Crippen molar-refractivity contribution in [3.63, 3.8) is 0 Å². The molecular weight excluding hydrogens is 435 g/mol. The minimum Gasteiger partial charge on any atom is -0.508 e. The summed E-state index contributed by atoms with van der Waals surface area (Å²) in [4.78, 5) is 16.2. The Kier molecular flexibility index (Phi) is 5.14. The molecule has 4 heterocycles. The highest BCUT2D eigenvalue weighted by Gasteiger charge is 2.17. The Morgan fingerprint density at radius 1 is 1.09 bits per heavy atom. The molecule has 34 heavy (non-hydrogen) atoms. The largest absolute Gasteiger partial charge is 0.508 e. The summed E-state index contributed by atoms with van der Waals surface area (Å²) in [6.45, 7) is 0. The Bertz CT molecular complexity index is 1540. The van der Waals surface area contributed by atoms with Crippen molar-refractivity contribution in [2.75, 3.05) is 12.8 Å². The second-order valence-corrected chi connectivity index (χ2v) is 7.62. The Labute approximate surface area is 193 Å². The minimum atomic E-state index is -0.552. The zero-order valence-corrected chi connectivity index (χ0v) is 18.0. The van der Waals surface area contributed by atoms with Crippen molar-refractivity contribution in [1.82, 2.24) is 19.9 Å². The average molecular weight is 454 g/mol. The lowest BCUT2D eigenvalue weighted by molar-refractivity contribution is 0.413. The molecule has 168 valence electrons. The minimum absolute atomic E-state index is 0.0706. The summed E-state index contributed by atoms with van der Waals surface area (Å²) in [5, 5.41) is 19.3. The van der Waals surface area contributed by atoms with E-state index in [0.29, 0.717) is 45.0 Å². The van der Waals surface area contributed by atoms with Gasteiger partial charge in [0.15, 0.2) is 0 Å². The number of aromatic nitrogens is 4. The number of nitrogens with zero attached hydrogens (tertiary/aromatic N) is 3. The Balaban J connectivity index is 1.58. The van der Waals surface area contributed by atoms with Gasteiger partial charge in [0, 0.05) is 29.4 Å². The van der Waals surface area contributed by atoms with E-state index < -0.39 is 5.82 Å². The van der Waals surface area contributed by atoms with Gasteiger partial charge >= 0.3 is 0 Å². The second kappa shape index (κ2) is 8.28. The van der Waals surface area contributed by atoms with E-state index in [1.165, 1.54) is 12.1 Å². The molecule has 0 saturated heterocycles. The van der Waals surface area contributed by atoms with E-state index in [4.69, 9.17) is 15.9 Å². The first-order valence-corrected chi connectivity index (χ1v) is 10.3. The van der Waals surface area contributed by atoms with Crippen molar-refractivity contribution in [2.24, 2.45) is 0 Å². The predicted octanol–water partition coefficient (Wildman–Crippen LogP) is 4.54. The lowest BCUT2D eigenvalue weighted by Gasteiger charge is -2.09. The Morgan fingerprint density at radius 2 is 1.94 bits per heavy atom. The third kappa shape index (κ3) is 3.79. The molecule has 8 nitrogen and oxygen atoms in total. The van der Waals surface area contributed by atoms with E-state index in [-0.39, 0.29) is 17.2 Å². The molecule has 0 unspecified atom stereocenters. The molecule has 0 radical (unpaired) electrons. The van der Waals surface area contributed by atoms with Gasteiger partial charge in [0.25, 0.3) is 0 Å². The molecule has 5 rings (SSSR count). The van der Waals surface area contributed by atoms with Crippen molar-refractivity contribution < 1.29 is 14.2 Å². The number of benzene rings is 1. The van der Waals surface area contributed by atoms with Gasteiger partial charge < -0.3 is 20.6 Å². The highest BCUT2D eigenvalue weighted by Crippen LogP contribution is 2.32. The van der Waals surface area contributed by atoms with E-state index >= 15 is 0 Å². The lowest BCUT2D eigenvalue weighted by Crippen LogP contribution is -2.09. The number of aromatic amines is 1. The summed E-state index contributed by atoms with van der Waals surface area (Å²) in [6, 6.07) is 12.5. The highest BCUT2D eigenvalue weighted by molar-refractivity contribution is 6.14. The average Bonchev–Trinajstić information content (AvgIpc) is 3.28. The molecule has 5 aromatic rings. The van der Waals surface area contributed by atoms with Gasteiger partial charge in [-0.2, -0.15) is 0 Å². The van der Waals surface area contributed by atoms with Crippen molar-refractivity contribution in [3.05, 3.63) is 84.3 Å². The maximum absolute atomic E-state index is 13.9. The molecule has 9 heteroatoms. The topological polar surface area (TPSA) is 134 Å². The molecule has 0 aliphatic heterocycles. The second-order valence-electron chi connectivity index (χ2n) is 7.62.